The first-order valence-corrected chi connectivity index (χ1v) is 8.74. The van der Waals surface area contributed by atoms with Crippen LogP contribution in [0.15, 0.2) is 60.9 Å². The van der Waals surface area contributed by atoms with Crippen LogP contribution in [0.2, 0.25) is 0 Å². The topological polar surface area (TPSA) is 62.6 Å². The maximum absolute atomic E-state index is 12.4. The standard InChI is InChI=1S/C22H22N2O4/c1-24-13-12-23-22(24)15-28-18-8-6-17(7-9-18)19(25)10-4-16-5-11-20(26-2)21(14-16)27-3/h4-14H,15H2,1-3H3/b10-4+. The lowest BCUT2D eigenvalue weighted by Crippen LogP contribution is -2.03. The minimum atomic E-state index is -0.0922. The van der Waals surface area contributed by atoms with E-state index >= 15 is 0 Å². The third-order valence-corrected chi connectivity index (χ3v) is 4.26. The summed E-state index contributed by atoms with van der Waals surface area (Å²) in [4.78, 5) is 16.6. The molecule has 6 nitrogen and oxygen atoms in total. The van der Waals surface area contributed by atoms with Crippen molar-refractivity contribution >= 4 is 11.9 Å². The molecule has 0 aliphatic heterocycles. The van der Waals surface area contributed by atoms with Crippen molar-refractivity contribution in [1.29, 1.82) is 0 Å². The van der Waals surface area contributed by atoms with Gasteiger partial charge in [0.05, 0.1) is 14.2 Å². The average Bonchev–Trinajstić information content (AvgIpc) is 3.15. The molecule has 28 heavy (non-hydrogen) atoms. The zero-order valence-electron chi connectivity index (χ0n) is 16.1. The van der Waals surface area contributed by atoms with E-state index < -0.39 is 0 Å². The first kappa shape index (κ1) is 19.2. The number of imidazole rings is 1. The van der Waals surface area contributed by atoms with Crippen molar-refractivity contribution < 1.29 is 19.0 Å². The third-order valence-electron chi connectivity index (χ3n) is 4.26. The summed E-state index contributed by atoms with van der Waals surface area (Å²) in [6.07, 6.45) is 6.87. The molecule has 0 atom stereocenters. The number of aromatic nitrogens is 2. The molecule has 6 heteroatoms. The summed E-state index contributed by atoms with van der Waals surface area (Å²) in [5.74, 6) is 2.69. The number of benzene rings is 2. The predicted molar refractivity (Wildman–Crippen MR) is 107 cm³/mol. The smallest absolute Gasteiger partial charge is 0.185 e. The Morgan fingerprint density at radius 1 is 1.07 bits per heavy atom. The highest BCUT2D eigenvalue weighted by atomic mass is 16.5. The molecule has 0 spiro atoms. The van der Waals surface area contributed by atoms with Crippen LogP contribution in [0.1, 0.15) is 21.7 Å². The van der Waals surface area contributed by atoms with E-state index in [1.165, 1.54) is 6.08 Å². The molecule has 3 rings (SSSR count). The van der Waals surface area contributed by atoms with Crippen LogP contribution < -0.4 is 14.2 Å². The highest BCUT2D eigenvalue weighted by molar-refractivity contribution is 6.06. The Bertz CT molecular complexity index is 974. The van der Waals surface area contributed by atoms with Gasteiger partial charge in [-0.05, 0) is 48.0 Å². The van der Waals surface area contributed by atoms with E-state index in [4.69, 9.17) is 14.2 Å². The van der Waals surface area contributed by atoms with Crippen molar-refractivity contribution in [2.24, 2.45) is 7.05 Å². The molecule has 0 fully saturated rings. The van der Waals surface area contributed by atoms with Crippen molar-refractivity contribution in [3.05, 3.63) is 77.9 Å². The minimum Gasteiger partial charge on any atom is -0.493 e. The number of carbonyl (C=O) groups is 1. The molecule has 2 aromatic carbocycles. The molecular weight excluding hydrogens is 356 g/mol. The Morgan fingerprint density at radius 2 is 1.82 bits per heavy atom. The van der Waals surface area contributed by atoms with Crippen LogP contribution in [0.5, 0.6) is 17.2 Å². The number of methoxy groups -OCH3 is 2. The van der Waals surface area contributed by atoms with Crippen molar-refractivity contribution in [1.82, 2.24) is 9.55 Å². The number of hydrogen-bond donors (Lipinski definition) is 0. The molecule has 144 valence electrons. The van der Waals surface area contributed by atoms with Gasteiger partial charge < -0.3 is 18.8 Å². The van der Waals surface area contributed by atoms with Crippen molar-refractivity contribution in [2.75, 3.05) is 14.2 Å². The summed E-state index contributed by atoms with van der Waals surface area (Å²) in [6.45, 7) is 0.371. The zero-order chi connectivity index (χ0) is 19.9. The van der Waals surface area contributed by atoms with Gasteiger partial charge in [-0.15, -0.1) is 0 Å². The lowest BCUT2D eigenvalue weighted by Gasteiger charge is -2.07. The number of carbonyl (C=O) groups excluding carboxylic acids is 1. The lowest BCUT2D eigenvalue weighted by atomic mass is 10.1. The number of ketones is 1. The van der Waals surface area contributed by atoms with Crippen LogP contribution in [-0.2, 0) is 13.7 Å². The third kappa shape index (κ3) is 4.59. The molecule has 0 saturated carbocycles. The van der Waals surface area contributed by atoms with Gasteiger partial charge in [0.15, 0.2) is 17.3 Å². The van der Waals surface area contributed by atoms with E-state index in [1.54, 1.807) is 56.8 Å². The maximum atomic E-state index is 12.4. The van der Waals surface area contributed by atoms with Crippen molar-refractivity contribution in [3.63, 3.8) is 0 Å². The van der Waals surface area contributed by atoms with Gasteiger partial charge in [-0.2, -0.15) is 0 Å². The number of rotatable bonds is 8. The van der Waals surface area contributed by atoms with Gasteiger partial charge in [-0.1, -0.05) is 12.1 Å². The second kappa shape index (κ2) is 8.90. The summed E-state index contributed by atoms with van der Waals surface area (Å²) in [7, 11) is 5.08. The van der Waals surface area contributed by atoms with E-state index in [-0.39, 0.29) is 5.78 Å². The van der Waals surface area contributed by atoms with Crippen LogP contribution in [-0.4, -0.2) is 29.6 Å². The minimum absolute atomic E-state index is 0.0922. The van der Waals surface area contributed by atoms with Gasteiger partial charge in [0.1, 0.15) is 18.2 Å². The fourth-order valence-electron chi connectivity index (χ4n) is 2.62. The Labute approximate surface area is 164 Å². The van der Waals surface area contributed by atoms with Gasteiger partial charge in [-0.25, -0.2) is 4.98 Å². The lowest BCUT2D eigenvalue weighted by molar-refractivity contribution is 0.104. The van der Waals surface area contributed by atoms with E-state index in [0.717, 1.165) is 11.4 Å². The summed E-state index contributed by atoms with van der Waals surface area (Å²) in [6, 6.07) is 12.5. The van der Waals surface area contributed by atoms with E-state index in [0.29, 0.717) is 29.4 Å². The molecule has 0 amide bonds. The van der Waals surface area contributed by atoms with Gasteiger partial charge in [-0.3, -0.25) is 4.79 Å². The normalized spacial score (nSPS) is 10.8. The number of aryl methyl sites for hydroxylation is 1. The first-order chi connectivity index (χ1) is 13.6. The Kier molecular flexibility index (Phi) is 6.11. The molecule has 3 aromatic rings. The Balaban J connectivity index is 1.63. The van der Waals surface area contributed by atoms with Crippen LogP contribution in [0.4, 0.5) is 0 Å². The molecule has 0 saturated heterocycles. The number of allylic oxidation sites excluding steroid dienone is 1. The quantitative estimate of drug-likeness (QED) is 0.439. The van der Waals surface area contributed by atoms with Crippen LogP contribution >= 0.6 is 0 Å². The second-order valence-corrected chi connectivity index (χ2v) is 6.08. The summed E-state index contributed by atoms with van der Waals surface area (Å²) in [5, 5.41) is 0. The molecule has 1 aromatic heterocycles. The Morgan fingerprint density at radius 3 is 2.46 bits per heavy atom. The highest BCUT2D eigenvalue weighted by Gasteiger charge is 2.06. The molecule has 1 heterocycles. The Hall–Kier alpha value is -3.54. The van der Waals surface area contributed by atoms with Crippen molar-refractivity contribution in [2.45, 2.75) is 6.61 Å². The SMILES string of the molecule is COc1ccc(/C=C/C(=O)c2ccc(OCc3nccn3C)cc2)cc1OC. The predicted octanol–water partition coefficient (Wildman–Crippen LogP) is 3.91. The molecule has 0 aliphatic rings. The van der Waals surface area contributed by atoms with E-state index in [1.807, 2.05) is 29.9 Å². The molecule has 0 N–H and O–H groups in total. The number of hydrogen-bond acceptors (Lipinski definition) is 5. The van der Waals surface area contributed by atoms with E-state index in [2.05, 4.69) is 4.98 Å². The van der Waals surface area contributed by atoms with Gasteiger partial charge in [0.2, 0.25) is 0 Å². The fraction of sp³-hybridized carbons (Fsp3) is 0.182. The number of nitrogens with zero attached hydrogens (tertiary/aromatic N) is 2. The first-order valence-electron chi connectivity index (χ1n) is 8.74. The molecular formula is C22H22N2O4. The average molecular weight is 378 g/mol. The summed E-state index contributed by atoms with van der Waals surface area (Å²) in [5.41, 5.74) is 1.43. The maximum Gasteiger partial charge on any atom is 0.185 e. The monoisotopic (exact) mass is 378 g/mol. The van der Waals surface area contributed by atoms with Crippen molar-refractivity contribution in [3.8, 4) is 17.2 Å². The molecule has 0 bridgehead atoms. The summed E-state index contributed by atoms with van der Waals surface area (Å²) < 4.78 is 18.1. The molecule has 0 unspecified atom stereocenters. The highest BCUT2D eigenvalue weighted by Crippen LogP contribution is 2.28. The zero-order valence-corrected chi connectivity index (χ0v) is 16.1. The van der Waals surface area contributed by atoms with Crippen LogP contribution in [0.3, 0.4) is 0 Å². The second-order valence-electron chi connectivity index (χ2n) is 6.08. The van der Waals surface area contributed by atoms with Gasteiger partial charge >= 0.3 is 0 Å². The summed E-state index contributed by atoms with van der Waals surface area (Å²) >= 11 is 0. The van der Waals surface area contributed by atoms with Gasteiger partial charge in [0.25, 0.3) is 0 Å². The van der Waals surface area contributed by atoms with Crippen LogP contribution in [0, 0.1) is 0 Å². The largest absolute Gasteiger partial charge is 0.493 e. The molecule has 0 radical (unpaired) electrons. The van der Waals surface area contributed by atoms with Crippen LogP contribution in [0.25, 0.3) is 6.08 Å². The van der Waals surface area contributed by atoms with Gasteiger partial charge in [0, 0.05) is 25.0 Å². The molecule has 0 aliphatic carbocycles. The van der Waals surface area contributed by atoms with E-state index in [9.17, 15) is 4.79 Å². The number of ether oxygens (including phenoxy) is 3. The fourth-order valence-corrected chi connectivity index (χ4v) is 2.62.